The molecule has 2 heterocycles. The van der Waals surface area contributed by atoms with Crippen LogP contribution in [0.2, 0.25) is 5.02 Å². The van der Waals surface area contributed by atoms with Crippen molar-refractivity contribution in [2.75, 3.05) is 25.0 Å². The summed E-state index contributed by atoms with van der Waals surface area (Å²) in [7, 11) is 0. The maximum atomic E-state index is 13.5. The molecule has 0 unspecified atom stereocenters. The van der Waals surface area contributed by atoms with Gasteiger partial charge in [-0.25, -0.2) is 0 Å². The van der Waals surface area contributed by atoms with E-state index in [1.165, 1.54) is 6.42 Å². The summed E-state index contributed by atoms with van der Waals surface area (Å²) in [6.07, 6.45) is 4.10. The third-order valence-corrected chi connectivity index (χ3v) is 6.40. The molecule has 168 valence electrons. The maximum Gasteiger partial charge on any atom is 0.256 e. The van der Waals surface area contributed by atoms with Crippen molar-refractivity contribution in [3.63, 3.8) is 0 Å². The van der Waals surface area contributed by atoms with E-state index < -0.39 is 11.9 Å². The zero-order chi connectivity index (χ0) is 22.7. The van der Waals surface area contributed by atoms with Crippen molar-refractivity contribution in [3.05, 3.63) is 64.2 Å². The summed E-state index contributed by atoms with van der Waals surface area (Å²) in [4.78, 5) is 42.1. The highest BCUT2D eigenvalue weighted by molar-refractivity contribution is 6.31. The van der Waals surface area contributed by atoms with Crippen LogP contribution in [0.1, 0.15) is 52.0 Å². The SMILES string of the molecule is NC(=O)c1ccc(CN2C(=O)c3ccc(Cl)cc3NC(=O)[C@H]2CCN2CCCCC2)cc1. The quantitative estimate of drug-likeness (QED) is 0.700. The largest absolute Gasteiger partial charge is 0.366 e. The van der Waals surface area contributed by atoms with E-state index in [0.717, 1.165) is 38.0 Å². The molecule has 1 fully saturated rings. The number of carbonyl (C=O) groups excluding carboxylic acids is 3. The molecule has 32 heavy (non-hydrogen) atoms. The Kier molecular flexibility index (Phi) is 6.77. The molecule has 7 nitrogen and oxygen atoms in total. The van der Waals surface area contributed by atoms with Gasteiger partial charge in [0.25, 0.3) is 5.91 Å². The van der Waals surface area contributed by atoms with E-state index >= 15 is 0 Å². The van der Waals surface area contributed by atoms with Gasteiger partial charge in [-0.3, -0.25) is 14.4 Å². The number of nitrogens with zero attached hydrogens (tertiary/aromatic N) is 2. The molecular formula is C24H27ClN4O3. The molecule has 0 aliphatic carbocycles. The van der Waals surface area contributed by atoms with Crippen molar-refractivity contribution in [2.45, 2.75) is 38.3 Å². The van der Waals surface area contributed by atoms with Gasteiger partial charge in [-0.1, -0.05) is 30.2 Å². The van der Waals surface area contributed by atoms with E-state index in [1.807, 2.05) is 0 Å². The average molecular weight is 455 g/mol. The average Bonchev–Trinajstić information content (AvgIpc) is 2.87. The third kappa shape index (κ3) is 4.95. The number of piperidine rings is 1. The first-order valence-corrected chi connectivity index (χ1v) is 11.3. The fraction of sp³-hybridized carbons (Fsp3) is 0.375. The lowest BCUT2D eigenvalue weighted by Crippen LogP contribution is -2.47. The van der Waals surface area contributed by atoms with Gasteiger partial charge in [-0.2, -0.15) is 0 Å². The number of primary amides is 1. The fourth-order valence-corrected chi connectivity index (χ4v) is 4.56. The van der Waals surface area contributed by atoms with Gasteiger partial charge in [-0.05, 0) is 68.2 Å². The van der Waals surface area contributed by atoms with Crippen molar-refractivity contribution in [1.82, 2.24) is 9.80 Å². The minimum Gasteiger partial charge on any atom is -0.366 e. The van der Waals surface area contributed by atoms with Crippen LogP contribution in [0.3, 0.4) is 0 Å². The van der Waals surface area contributed by atoms with Gasteiger partial charge in [0.15, 0.2) is 0 Å². The second kappa shape index (κ2) is 9.71. The predicted octanol–water partition coefficient (Wildman–Crippen LogP) is 3.28. The first-order valence-electron chi connectivity index (χ1n) is 10.9. The summed E-state index contributed by atoms with van der Waals surface area (Å²) < 4.78 is 0. The number of carbonyl (C=O) groups is 3. The number of hydrogen-bond donors (Lipinski definition) is 2. The first-order chi connectivity index (χ1) is 15.4. The Morgan fingerprint density at radius 3 is 2.47 bits per heavy atom. The zero-order valence-electron chi connectivity index (χ0n) is 17.9. The summed E-state index contributed by atoms with van der Waals surface area (Å²) in [6, 6.07) is 11.1. The number of halogens is 1. The van der Waals surface area contributed by atoms with Crippen molar-refractivity contribution < 1.29 is 14.4 Å². The normalized spacial score (nSPS) is 19.3. The summed E-state index contributed by atoms with van der Waals surface area (Å²) in [5, 5.41) is 3.36. The molecule has 1 atom stereocenters. The van der Waals surface area contributed by atoms with Crippen LogP contribution in [0.4, 0.5) is 5.69 Å². The van der Waals surface area contributed by atoms with Crippen LogP contribution in [0, 0.1) is 0 Å². The summed E-state index contributed by atoms with van der Waals surface area (Å²) in [5.74, 6) is -0.949. The van der Waals surface area contributed by atoms with Crippen LogP contribution in [-0.4, -0.2) is 53.2 Å². The van der Waals surface area contributed by atoms with E-state index in [0.29, 0.717) is 28.3 Å². The van der Waals surface area contributed by atoms with Crippen LogP contribution in [0.25, 0.3) is 0 Å². The Morgan fingerprint density at radius 1 is 1.06 bits per heavy atom. The minimum absolute atomic E-state index is 0.217. The first kappa shape index (κ1) is 22.3. The molecule has 0 aromatic heterocycles. The molecule has 3 N–H and O–H groups in total. The highest BCUT2D eigenvalue weighted by Gasteiger charge is 2.35. The Morgan fingerprint density at radius 2 is 1.78 bits per heavy atom. The van der Waals surface area contributed by atoms with Gasteiger partial charge in [-0.15, -0.1) is 0 Å². The maximum absolute atomic E-state index is 13.5. The highest BCUT2D eigenvalue weighted by Crippen LogP contribution is 2.29. The fourth-order valence-electron chi connectivity index (χ4n) is 4.39. The standard InChI is InChI=1S/C24H27ClN4O3/c25-18-8-9-19-20(14-18)27-23(31)21(10-13-28-11-2-1-3-12-28)29(24(19)32)15-16-4-6-17(7-5-16)22(26)30/h4-9,14,21H,1-3,10-13,15H2,(H2,26,30)(H,27,31)/t21-/m1/s1. The molecule has 3 amide bonds. The molecule has 0 saturated carbocycles. The number of nitrogens with two attached hydrogens (primary N) is 1. The molecular weight excluding hydrogens is 428 g/mol. The minimum atomic E-state index is -0.619. The van der Waals surface area contributed by atoms with Gasteiger partial charge >= 0.3 is 0 Å². The Labute approximate surface area is 192 Å². The number of hydrogen-bond acceptors (Lipinski definition) is 4. The second-order valence-electron chi connectivity index (χ2n) is 8.38. The number of anilines is 1. The Bertz CT molecular complexity index is 1020. The van der Waals surface area contributed by atoms with Gasteiger partial charge < -0.3 is 20.9 Å². The lowest BCUT2D eigenvalue weighted by atomic mass is 10.1. The highest BCUT2D eigenvalue weighted by atomic mass is 35.5. The molecule has 8 heteroatoms. The van der Waals surface area contributed by atoms with E-state index in [1.54, 1.807) is 47.4 Å². The molecule has 1 saturated heterocycles. The monoisotopic (exact) mass is 454 g/mol. The van der Waals surface area contributed by atoms with E-state index in [2.05, 4.69) is 10.2 Å². The smallest absolute Gasteiger partial charge is 0.256 e. The molecule has 0 bridgehead atoms. The predicted molar refractivity (Wildman–Crippen MR) is 124 cm³/mol. The summed E-state index contributed by atoms with van der Waals surface area (Å²) >= 11 is 6.11. The number of amides is 3. The Hall–Kier alpha value is -2.90. The van der Waals surface area contributed by atoms with Crippen LogP contribution in [-0.2, 0) is 11.3 Å². The molecule has 2 aliphatic heterocycles. The lowest BCUT2D eigenvalue weighted by Gasteiger charge is -2.32. The van der Waals surface area contributed by atoms with Crippen LogP contribution >= 0.6 is 11.6 Å². The summed E-state index contributed by atoms with van der Waals surface area (Å²) in [5.41, 5.74) is 7.40. The van der Waals surface area contributed by atoms with Gasteiger partial charge in [0.1, 0.15) is 6.04 Å². The van der Waals surface area contributed by atoms with Gasteiger partial charge in [0, 0.05) is 23.7 Å². The number of nitrogens with one attached hydrogen (secondary N) is 1. The van der Waals surface area contributed by atoms with Crippen molar-refractivity contribution in [3.8, 4) is 0 Å². The summed E-state index contributed by atoms with van der Waals surface area (Å²) in [6.45, 7) is 3.04. The van der Waals surface area contributed by atoms with Gasteiger partial charge in [0.2, 0.25) is 11.8 Å². The van der Waals surface area contributed by atoms with Crippen LogP contribution < -0.4 is 11.1 Å². The van der Waals surface area contributed by atoms with Gasteiger partial charge in [0.05, 0.1) is 11.3 Å². The topological polar surface area (TPSA) is 95.7 Å². The zero-order valence-corrected chi connectivity index (χ0v) is 18.6. The van der Waals surface area contributed by atoms with E-state index in [-0.39, 0.29) is 18.4 Å². The Balaban J connectivity index is 1.62. The number of fused-ring (bicyclic) bond motifs is 1. The van der Waals surface area contributed by atoms with Crippen molar-refractivity contribution >= 4 is 35.0 Å². The molecule has 4 rings (SSSR count). The number of benzene rings is 2. The third-order valence-electron chi connectivity index (χ3n) is 6.17. The molecule has 2 aliphatic rings. The van der Waals surface area contributed by atoms with E-state index in [4.69, 9.17) is 17.3 Å². The van der Waals surface area contributed by atoms with Crippen LogP contribution in [0.15, 0.2) is 42.5 Å². The molecule has 0 radical (unpaired) electrons. The lowest BCUT2D eigenvalue weighted by molar-refractivity contribution is -0.121. The van der Waals surface area contributed by atoms with Crippen LogP contribution in [0.5, 0.6) is 0 Å². The molecule has 0 spiro atoms. The van der Waals surface area contributed by atoms with E-state index in [9.17, 15) is 14.4 Å². The molecule has 2 aromatic rings. The van der Waals surface area contributed by atoms with Crippen molar-refractivity contribution in [1.29, 1.82) is 0 Å². The second-order valence-corrected chi connectivity index (χ2v) is 8.82. The van der Waals surface area contributed by atoms with Crippen molar-refractivity contribution in [2.24, 2.45) is 5.73 Å². The number of rotatable bonds is 6. The number of likely N-dealkylation sites (tertiary alicyclic amines) is 1. The molecule has 2 aromatic carbocycles.